The average Bonchev–Trinajstić information content (AvgIpc) is 2.45. The number of hydrogen-bond acceptors (Lipinski definition) is 3. The molecule has 0 bridgehead atoms. The van der Waals surface area contributed by atoms with Gasteiger partial charge in [-0.1, -0.05) is 0 Å². The van der Waals surface area contributed by atoms with Crippen molar-refractivity contribution >= 4 is 29.9 Å². The Hall–Kier alpha value is -0.790. The summed E-state index contributed by atoms with van der Waals surface area (Å²) in [7, 11) is 7.85. The first-order chi connectivity index (χ1) is 7.41. The average molecular weight is 352 g/mol. The number of aromatic nitrogens is 1. The van der Waals surface area contributed by atoms with Gasteiger partial charge in [-0.05, 0) is 13.8 Å². The van der Waals surface area contributed by atoms with Crippen molar-refractivity contribution in [1.82, 2.24) is 14.8 Å². The topological polar surface area (TPSA) is 44.9 Å². The molecule has 6 heteroatoms. The standard InChI is InChI=1S/C11H20N4O.HI/c1-8-9(2)16-10(13-8)7-12-11(14(3)4)15(5)6;/h7H2,1-6H3;1H. The minimum atomic E-state index is 0. The highest BCUT2D eigenvalue weighted by atomic mass is 127. The van der Waals surface area contributed by atoms with Gasteiger partial charge >= 0.3 is 0 Å². The van der Waals surface area contributed by atoms with Crippen molar-refractivity contribution in [3.05, 3.63) is 17.3 Å². The van der Waals surface area contributed by atoms with Crippen LogP contribution in [0.25, 0.3) is 0 Å². The normalized spacial score (nSPS) is 9.53. The van der Waals surface area contributed by atoms with Gasteiger partial charge in [0.05, 0.1) is 5.69 Å². The van der Waals surface area contributed by atoms with Crippen LogP contribution in [-0.4, -0.2) is 48.9 Å². The second-order valence-corrected chi connectivity index (χ2v) is 4.15. The maximum absolute atomic E-state index is 5.47. The van der Waals surface area contributed by atoms with E-state index >= 15 is 0 Å². The third-order valence-corrected chi connectivity index (χ3v) is 2.23. The van der Waals surface area contributed by atoms with E-state index in [9.17, 15) is 0 Å². The van der Waals surface area contributed by atoms with Gasteiger partial charge in [0.15, 0.2) is 5.96 Å². The Morgan fingerprint density at radius 3 is 2.06 bits per heavy atom. The van der Waals surface area contributed by atoms with Crippen LogP contribution < -0.4 is 0 Å². The molecule has 1 aromatic rings. The molecule has 1 rings (SSSR count). The van der Waals surface area contributed by atoms with Crippen molar-refractivity contribution < 1.29 is 4.42 Å². The number of rotatable bonds is 2. The van der Waals surface area contributed by atoms with Gasteiger partial charge in [-0.15, -0.1) is 24.0 Å². The van der Waals surface area contributed by atoms with E-state index < -0.39 is 0 Å². The Bertz CT molecular complexity index is 355. The Morgan fingerprint density at radius 2 is 1.71 bits per heavy atom. The summed E-state index contributed by atoms with van der Waals surface area (Å²) >= 11 is 0. The number of hydrogen-bond donors (Lipinski definition) is 0. The number of aliphatic imine (C=N–C) groups is 1. The van der Waals surface area contributed by atoms with Gasteiger partial charge in [0.25, 0.3) is 0 Å². The molecule has 0 aliphatic rings. The quantitative estimate of drug-likeness (QED) is 0.463. The summed E-state index contributed by atoms with van der Waals surface area (Å²) in [6.07, 6.45) is 0. The molecule has 0 unspecified atom stereocenters. The molecule has 0 aliphatic heterocycles. The van der Waals surface area contributed by atoms with Crippen molar-refractivity contribution in [1.29, 1.82) is 0 Å². The van der Waals surface area contributed by atoms with Crippen LogP contribution in [0.3, 0.4) is 0 Å². The highest BCUT2D eigenvalue weighted by Crippen LogP contribution is 2.09. The SMILES string of the molecule is Cc1nc(CN=C(N(C)C)N(C)C)oc1C.I. The summed E-state index contributed by atoms with van der Waals surface area (Å²) in [4.78, 5) is 12.7. The first kappa shape index (κ1) is 16.2. The number of oxazole rings is 1. The van der Waals surface area contributed by atoms with Crippen LogP contribution in [-0.2, 0) is 6.54 Å². The van der Waals surface area contributed by atoms with E-state index in [-0.39, 0.29) is 24.0 Å². The van der Waals surface area contributed by atoms with Crippen molar-refractivity contribution in [2.45, 2.75) is 20.4 Å². The Morgan fingerprint density at radius 1 is 1.18 bits per heavy atom. The predicted octanol–water partition coefficient (Wildman–Crippen LogP) is 1.89. The molecule has 0 amide bonds. The van der Waals surface area contributed by atoms with Gasteiger partial charge < -0.3 is 14.2 Å². The minimum absolute atomic E-state index is 0. The third kappa shape index (κ3) is 4.53. The second-order valence-electron chi connectivity index (χ2n) is 4.15. The number of nitrogens with zero attached hydrogens (tertiary/aromatic N) is 4. The Labute approximate surface area is 120 Å². The molecule has 0 N–H and O–H groups in total. The lowest BCUT2D eigenvalue weighted by atomic mass is 10.4. The fourth-order valence-corrected chi connectivity index (χ4v) is 1.43. The fraction of sp³-hybridized carbons (Fsp3) is 0.636. The largest absolute Gasteiger partial charge is 0.444 e. The predicted molar refractivity (Wildman–Crippen MR) is 79.9 cm³/mol. The van der Waals surface area contributed by atoms with Crippen LogP contribution in [0.15, 0.2) is 9.41 Å². The molecule has 0 saturated heterocycles. The zero-order chi connectivity index (χ0) is 12.3. The molecule has 0 saturated carbocycles. The van der Waals surface area contributed by atoms with Crippen LogP contribution >= 0.6 is 24.0 Å². The van der Waals surface area contributed by atoms with E-state index in [1.165, 1.54) is 0 Å². The van der Waals surface area contributed by atoms with Crippen molar-refractivity contribution in [3.63, 3.8) is 0 Å². The van der Waals surface area contributed by atoms with Crippen molar-refractivity contribution in [2.75, 3.05) is 28.2 Å². The van der Waals surface area contributed by atoms with E-state index in [2.05, 4.69) is 9.98 Å². The van der Waals surface area contributed by atoms with E-state index in [0.717, 1.165) is 17.4 Å². The molecule has 5 nitrogen and oxygen atoms in total. The maximum Gasteiger partial charge on any atom is 0.216 e. The van der Waals surface area contributed by atoms with Gasteiger partial charge in [-0.2, -0.15) is 0 Å². The zero-order valence-corrected chi connectivity index (χ0v) is 13.6. The lowest BCUT2D eigenvalue weighted by Crippen LogP contribution is -2.35. The van der Waals surface area contributed by atoms with E-state index in [1.54, 1.807) is 0 Å². The number of aryl methyl sites for hydroxylation is 2. The molecule has 17 heavy (non-hydrogen) atoms. The molecule has 0 fully saturated rings. The summed E-state index contributed by atoms with van der Waals surface area (Å²) in [5, 5.41) is 0. The van der Waals surface area contributed by atoms with Gasteiger partial charge in [-0.3, -0.25) is 0 Å². The maximum atomic E-state index is 5.47. The molecule has 0 aliphatic carbocycles. The number of guanidine groups is 1. The molecule has 1 heterocycles. The Kier molecular flexibility index (Phi) is 6.51. The van der Waals surface area contributed by atoms with Crippen LogP contribution in [0.1, 0.15) is 17.3 Å². The van der Waals surface area contributed by atoms with Crippen LogP contribution in [0, 0.1) is 13.8 Å². The highest BCUT2D eigenvalue weighted by molar-refractivity contribution is 14.0. The van der Waals surface area contributed by atoms with Crippen molar-refractivity contribution in [3.8, 4) is 0 Å². The monoisotopic (exact) mass is 352 g/mol. The third-order valence-electron chi connectivity index (χ3n) is 2.23. The first-order valence-electron chi connectivity index (χ1n) is 5.23. The van der Waals surface area contributed by atoms with Crippen LogP contribution in [0.2, 0.25) is 0 Å². The van der Waals surface area contributed by atoms with E-state index in [4.69, 9.17) is 4.42 Å². The molecule has 0 spiro atoms. The minimum Gasteiger partial charge on any atom is -0.444 e. The van der Waals surface area contributed by atoms with Gasteiger partial charge in [0.1, 0.15) is 12.3 Å². The van der Waals surface area contributed by atoms with Crippen LogP contribution in [0.5, 0.6) is 0 Å². The molecule has 0 atom stereocenters. The molecular formula is C11H21IN4O. The first-order valence-corrected chi connectivity index (χ1v) is 5.23. The molecule has 1 aromatic heterocycles. The molecular weight excluding hydrogens is 331 g/mol. The van der Waals surface area contributed by atoms with Gasteiger partial charge in [0.2, 0.25) is 5.89 Å². The number of halogens is 1. The lowest BCUT2D eigenvalue weighted by molar-refractivity contribution is 0.455. The van der Waals surface area contributed by atoms with Gasteiger partial charge in [-0.25, -0.2) is 9.98 Å². The molecule has 0 radical (unpaired) electrons. The summed E-state index contributed by atoms with van der Waals surface area (Å²) in [6, 6.07) is 0. The highest BCUT2D eigenvalue weighted by Gasteiger charge is 2.07. The van der Waals surface area contributed by atoms with Crippen molar-refractivity contribution in [2.24, 2.45) is 4.99 Å². The summed E-state index contributed by atoms with van der Waals surface area (Å²) in [6.45, 7) is 4.32. The zero-order valence-electron chi connectivity index (χ0n) is 11.3. The molecule has 0 aromatic carbocycles. The summed E-state index contributed by atoms with van der Waals surface area (Å²) < 4.78 is 5.47. The second kappa shape index (κ2) is 6.83. The van der Waals surface area contributed by atoms with E-state index in [0.29, 0.717) is 12.4 Å². The Balaban J connectivity index is 0.00000256. The van der Waals surface area contributed by atoms with Gasteiger partial charge in [0, 0.05) is 28.2 Å². The smallest absolute Gasteiger partial charge is 0.216 e. The molecule has 98 valence electrons. The van der Waals surface area contributed by atoms with Crippen LogP contribution in [0.4, 0.5) is 0 Å². The lowest BCUT2D eigenvalue weighted by Gasteiger charge is -2.22. The van der Waals surface area contributed by atoms with E-state index in [1.807, 2.05) is 51.8 Å². The summed E-state index contributed by atoms with van der Waals surface area (Å²) in [5.74, 6) is 2.42. The fourth-order valence-electron chi connectivity index (χ4n) is 1.43. The summed E-state index contributed by atoms with van der Waals surface area (Å²) in [5.41, 5.74) is 0.932.